The van der Waals surface area contributed by atoms with Crippen molar-refractivity contribution in [1.29, 1.82) is 0 Å². The summed E-state index contributed by atoms with van der Waals surface area (Å²) in [7, 11) is -2.33. The van der Waals surface area contributed by atoms with Crippen LogP contribution >= 0.6 is 0 Å². The van der Waals surface area contributed by atoms with Crippen molar-refractivity contribution < 1.29 is 41.8 Å². The van der Waals surface area contributed by atoms with Gasteiger partial charge in [-0.1, -0.05) is 39.7 Å². The first-order valence-electron chi connectivity index (χ1n) is 19.4. The molecule has 1 saturated heterocycles. The average molecular weight is 781 g/mol. The SMILES string of the molecule is C=CC[C@H]1CC1(NC(=O)[C@@H]1C[C@@H]2CN1C(=O)[C@H](C(C)(C)C)NC(=O)OC1C[C@H]1CCCCCc1nc3ccc(OC)cc3nc1O2)C(=O)NS(=O)(=O)C1CC1. The molecule has 0 radical (unpaired) electrons. The molecule has 16 heteroatoms. The molecule has 1 aromatic heterocycles. The number of ether oxygens (including phenoxy) is 3. The van der Waals surface area contributed by atoms with Gasteiger partial charge in [-0.05, 0) is 80.8 Å². The lowest BCUT2D eigenvalue weighted by atomic mass is 9.85. The number of methoxy groups -OCH3 is 1. The predicted molar refractivity (Wildman–Crippen MR) is 201 cm³/mol. The number of fused-ring (bicyclic) bond motifs is 5. The molecule has 7 atom stereocenters. The molecule has 3 heterocycles. The fraction of sp³-hybridized carbons (Fsp3) is 0.641. The predicted octanol–water partition coefficient (Wildman–Crippen LogP) is 3.69. The van der Waals surface area contributed by atoms with Crippen LogP contribution < -0.4 is 24.8 Å². The van der Waals surface area contributed by atoms with Crippen LogP contribution in [0.5, 0.6) is 11.6 Å². The Bertz CT molecular complexity index is 1980. The lowest BCUT2D eigenvalue weighted by Gasteiger charge is -2.35. The maximum absolute atomic E-state index is 14.6. The van der Waals surface area contributed by atoms with Crippen LogP contribution in [0.1, 0.15) is 90.7 Å². The number of carbonyl (C=O) groups excluding carboxylic acids is 4. The first kappa shape index (κ1) is 38.8. The number of alkyl carbamates (subject to hydrolysis) is 1. The minimum Gasteiger partial charge on any atom is -0.497 e. The molecule has 0 spiro atoms. The van der Waals surface area contributed by atoms with Crippen molar-refractivity contribution in [3.05, 3.63) is 36.5 Å². The van der Waals surface area contributed by atoms with E-state index in [0.29, 0.717) is 54.0 Å². The van der Waals surface area contributed by atoms with Gasteiger partial charge in [0.15, 0.2) is 0 Å². The van der Waals surface area contributed by atoms with Crippen LogP contribution in [0, 0.1) is 17.3 Å². The number of nitrogens with one attached hydrogen (secondary N) is 3. The quantitative estimate of drug-likeness (QED) is 0.331. The van der Waals surface area contributed by atoms with E-state index in [4.69, 9.17) is 24.2 Å². The Kier molecular flexibility index (Phi) is 10.5. The van der Waals surface area contributed by atoms with Crippen LogP contribution in [0.2, 0.25) is 0 Å². The molecular weight excluding hydrogens is 729 g/mol. The van der Waals surface area contributed by atoms with Gasteiger partial charge in [-0.3, -0.25) is 19.1 Å². The van der Waals surface area contributed by atoms with Crippen molar-refractivity contribution in [2.75, 3.05) is 13.7 Å². The molecule has 4 fully saturated rings. The number of nitrogens with zero attached hydrogens (tertiary/aromatic N) is 3. The van der Waals surface area contributed by atoms with Crippen LogP contribution in [0.3, 0.4) is 0 Å². The summed E-state index contributed by atoms with van der Waals surface area (Å²) in [6.45, 7) is 9.19. The van der Waals surface area contributed by atoms with Crippen molar-refractivity contribution in [2.24, 2.45) is 17.3 Å². The highest BCUT2D eigenvalue weighted by Crippen LogP contribution is 2.47. The molecule has 7 rings (SSSR count). The Morgan fingerprint density at radius 3 is 2.58 bits per heavy atom. The van der Waals surface area contributed by atoms with Crippen molar-refractivity contribution in [1.82, 2.24) is 30.2 Å². The molecule has 4 amide bonds. The van der Waals surface area contributed by atoms with Crippen molar-refractivity contribution >= 4 is 44.9 Å². The molecule has 2 aliphatic heterocycles. The summed E-state index contributed by atoms with van der Waals surface area (Å²) in [4.78, 5) is 67.2. The normalized spacial score (nSPS) is 29.9. The van der Waals surface area contributed by atoms with Gasteiger partial charge in [-0.2, -0.15) is 0 Å². The summed E-state index contributed by atoms with van der Waals surface area (Å²) in [5.41, 5.74) is -0.394. The second kappa shape index (κ2) is 14.9. The van der Waals surface area contributed by atoms with Crippen molar-refractivity contribution in [3.63, 3.8) is 0 Å². The number of carbonyl (C=O) groups is 4. The minimum atomic E-state index is -3.90. The highest BCUT2D eigenvalue weighted by Gasteiger charge is 2.62. The number of amides is 4. The third-order valence-electron chi connectivity index (χ3n) is 11.5. The zero-order valence-electron chi connectivity index (χ0n) is 32.0. The largest absolute Gasteiger partial charge is 0.497 e. The van der Waals surface area contributed by atoms with Gasteiger partial charge in [-0.25, -0.2) is 23.2 Å². The van der Waals surface area contributed by atoms with E-state index in [0.717, 1.165) is 32.1 Å². The molecular formula is C39H52N6O9S. The van der Waals surface area contributed by atoms with Gasteiger partial charge in [0, 0.05) is 12.5 Å². The zero-order chi connectivity index (χ0) is 39.3. The summed E-state index contributed by atoms with van der Waals surface area (Å²) in [6.07, 6.45) is 6.50. The number of benzene rings is 1. The molecule has 15 nitrogen and oxygen atoms in total. The monoisotopic (exact) mass is 780 g/mol. The standard InChI is InChI=1S/C39H52N6O9S/c1-6-10-23-20-39(23,36(48)44-55(50,51)26-14-15-26)43-33(46)30-19-25-21-45(30)35(47)32(38(2,3)4)42-37(49)54-31-17-22(31)11-8-7-9-12-28-34(53-25)41-29-18-24(52-5)13-16-27(29)40-28/h6,13,16,18,22-23,25-26,30-32H,1,7-12,14-15,17,19-21H2,2-5H3,(H,42,49)(H,43,46)(H,44,48)/t22-,23+,25-,30+,31?,32-,39?/m1/s1. The average Bonchev–Trinajstić information content (AvgIpc) is 4.06. The van der Waals surface area contributed by atoms with Crippen molar-refractivity contribution in [3.8, 4) is 11.6 Å². The lowest BCUT2D eigenvalue weighted by Crippen LogP contribution is -2.60. The molecule has 3 aliphatic carbocycles. The Labute approximate surface area is 321 Å². The van der Waals surface area contributed by atoms with Crippen LogP contribution in [-0.2, 0) is 35.6 Å². The van der Waals surface area contributed by atoms with Crippen LogP contribution in [0.25, 0.3) is 11.0 Å². The maximum Gasteiger partial charge on any atom is 0.408 e. The summed E-state index contributed by atoms with van der Waals surface area (Å²) in [5, 5.41) is 5.03. The number of rotatable bonds is 8. The molecule has 2 unspecified atom stereocenters. The summed E-state index contributed by atoms with van der Waals surface area (Å²) in [6, 6.07) is 3.22. The van der Waals surface area contributed by atoms with Crippen molar-refractivity contribution in [2.45, 2.75) is 126 Å². The van der Waals surface area contributed by atoms with E-state index in [1.54, 1.807) is 19.3 Å². The van der Waals surface area contributed by atoms with Gasteiger partial charge in [-0.15, -0.1) is 6.58 Å². The van der Waals surface area contributed by atoms with Gasteiger partial charge >= 0.3 is 6.09 Å². The van der Waals surface area contributed by atoms with Crippen LogP contribution in [0.15, 0.2) is 30.9 Å². The van der Waals surface area contributed by atoms with Crippen LogP contribution in [0.4, 0.5) is 4.79 Å². The Hall–Kier alpha value is -4.47. The number of aromatic nitrogens is 2. The number of sulfonamides is 1. The smallest absolute Gasteiger partial charge is 0.408 e. The molecule has 3 saturated carbocycles. The topological polar surface area (TPSA) is 195 Å². The molecule has 3 N–H and O–H groups in total. The summed E-state index contributed by atoms with van der Waals surface area (Å²) >= 11 is 0. The van der Waals surface area contributed by atoms with Gasteiger partial charge in [0.1, 0.15) is 41.3 Å². The van der Waals surface area contributed by atoms with E-state index in [2.05, 4.69) is 21.9 Å². The summed E-state index contributed by atoms with van der Waals surface area (Å²) < 4.78 is 45.6. The first-order chi connectivity index (χ1) is 26.1. The molecule has 2 aromatic rings. The fourth-order valence-corrected chi connectivity index (χ4v) is 9.27. The number of hydrogen-bond donors (Lipinski definition) is 3. The third kappa shape index (κ3) is 8.38. The maximum atomic E-state index is 14.6. The van der Waals surface area contributed by atoms with E-state index in [1.807, 2.05) is 32.9 Å². The van der Waals surface area contributed by atoms with Gasteiger partial charge in [0.2, 0.25) is 27.7 Å². The second-order valence-corrected chi connectivity index (χ2v) is 18.8. The summed E-state index contributed by atoms with van der Waals surface area (Å²) in [5.74, 6) is -1.19. The highest BCUT2D eigenvalue weighted by atomic mass is 32.2. The number of aryl methyl sites for hydroxylation is 1. The lowest BCUT2D eigenvalue weighted by molar-refractivity contribution is -0.143. The fourth-order valence-electron chi connectivity index (χ4n) is 7.91. The highest BCUT2D eigenvalue weighted by molar-refractivity contribution is 7.91. The molecule has 5 aliphatic rings. The minimum absolute atomic E-state index is 0.0318. The van der Waals surface area contributed by atoms with E-state index in [-0.39, 0.29) is 37.3 Å². The first-order valence-corrected chi connectivity index (χ1v) is 20.9. The molecule has 298 valence electrons. The Morgan fingerprint density at radius 2 is 1.87 bits per heavy atom. The zero-order valence-corrected chi connectivity index (χ0v) is 32.8. The van der Waals surface area contributed by atoms with E-state index < -0.39 is 68.2 Å². The van der Waals surface area contributed by atoms with E-state index >= 15 is 0 Å². The van der Waals surface area contributed by atoms with E-state index in [9.17, 15) is 27.6 Å². The molecule has 55 heavy (non-hydrogen) atoms. The number of hydrogen-bond acceptors (Lipinski definition) is 11. The Balaban J connectivity index is 1.22. The van der Waals surface area contributed by atoms with Crippen LogP contribution in [-0.4, -0.2) is 95.8 Å². The van der Waals surface area contributed by atoms with Gasteiger partial charge in [0.25, 0.3) is 5.91 Å². The Morgan fingerprint density at radius 1 is 1.09 bits per heavy atom. The number of allylic oxidation sites excluding steroid dienone is 1. The second-order valence-electron chi connectivity index (χ2n) is 16.9. The molecule has 1 aromatic carbocycles. The third-order valence-corrected chi connectivity index (χ3v) is 13.3. The van der Waals surface area contributed by atoms with Gasteiger partial charge < -0.3 is 29.7 Å². The van der Waals surface area contributed by atoms with Gasteiger partial charge in [0.05, 0.1) is 29.9 Å². The van der Waals surface area contributed by atoms with E-state index in [1.165, 1.54) is 4.90 Å². The molecule has 2 bridgehead atoms.